The Bertz CT molecular complexity index is 737. The number of nitrogens with one attached hydrogen (secondary N) is 1. The van der Waals surface area contributed by atoms with E-state index in [9.17, 15) is 24.8 Å². The third kappa shape index (κ3) is 2.67. The molecule has 1 aromatic carbocycles. The molecule has 4 aliphatic carbocycles. The van der Waals surface area contributed by atoms with Crippen LogP contribution in [0.2, 0.25) is 0 Å². The Kier molecular flexibility index (Phi) is 3.56. The van der Waals surface area contributed by atoms with Crippen LogP contribution in [0.3, 0.4) is 0 Å². The van der Waals surface area contributed by atoms with E-state index in [1.165, 1.54) is 31.4 Å². The van der Waals surface area contributed by atoms with Gasteiger partial charge in [0.15, 0.2) is 0 Å². The number of nitro benzene ring substituents is 1. The Balaban J connectivity index is 1.61. The number of rotatable bonds is 4. The van der Waals surface area contributed by atoms with Crippen LogP contribution in [0.4, 0.5) is 11.4 Å². The summed E-state index contributed by atoms with van der Waals surface area (Å²) in [5, 5.41) is 23.0. The van der Waals surface area contributed by atoms with Crippen LogP contribution < -0.4 is 5.32 Å². The second-order valence-electron chi connectivity index (χ2n) is 7.94. The van der Waals surface area contributed by atoms with Crippen LogP contribution in [0.25, 0.3) is 0 Å². The number of carbonyl (C=O) groups excluding carboxylic acids is 1. The predicted octanol–water partition coefficient (Wildman–Crippen LogP) is 3.45. The summed E-state index contributed by atoms with van der Waals surface area (Å²) in [7, 11) is 0. The van der Waals surface area contributed by atoms with Crippen LogP contribution in [0.1, 0.15) is 48.9 Å². The van der Waals surface area contributed by atoms with Crippen LogP contribution in [0.15, 0.2) is 18.2 Å². The lowest BCUT2D eigenvalue weighted by molar-refractivity contribution is -0.384. The maximum absolute atomic E-state index is 13.0. The van der Waals surface area contributed by atoms with Crippen LogP contribution in [-0.4, -0.2) is 21.9 Å². The number of carboxylic acid groups (broad SMARTS) is 1. The maximum atomic E-state index is 13.0. The SMILES string of the molecule is O=C(O)c1cc([N+](=O)[O-])ccc1NC(=O)C12CC3CC(CC(C3)C1)C2. The van der Waals surface area contributed by atoms with Gasteiger partial charge in [0, 0.05) is 12.1 Å². The van der Waals surface area contributed by atoms with E-state index in [1.807, 2.05) is 0 Å². The van der Waals surface area contributed by atoms with Crippen molar-refractivity contribution in [2.24, 2.45) is 23.2 Å². The summed E-state index contributed by atoms with van der Waals surface area (Å²) in [6.45, 7) is 0. The summed E-state index contributed by atoms with van der Waals surface area (Å²) >= 11 is 0. The number of nitrogens with zero attached hydrogens (tertiary/aromatic N) is 1. The van der Waals surface area contributed by atoms with Crippen LogP contribution in [0, 0.1) is 33.3 Å². The molecule has 0 aromatic heterocycles. The van der Waals surface area contributed by atoms with Gasteiger partial charge in [-0.05, 0) is 62.3 Å². The zero-order valence-corrected chi connectivity index (χ0v) is 13.7. The van der Waals surface area contributed by atoms with Crippen LogP contribution >= 0.6 is 0 Å². The molecule has 4 saturated carbocycles. The van der Waals surface area contributed by atoms with E-state index in [4.69, 9.17) is 0 Å². The number of hydrogen-bond donors (Lipinski definition) is 2. The van der Waals surface area contributed by atoms with Gasteiger partial charge < -0.3 is 10.4 Å². The van der Waals surface area contributed by atoms with Gasteiger partial charge in [-0.1, -0.05) is 0 Å². The van der Waals surface area contributed by atoms with E-state index in [0.29, 0.717) is 17.8 Å². The number of amides is 1. The van der Waals surface area contributed by atoms with Gasteiger partial charge in [-0.15, -0.1) is 0 Å². The lowest BCUT2D eigenvalue weighted by atomic mass is 9.49. The number of nitro groups is 1. The zero-order valence-electron chi connectivity index (χ0n) is 13.7. The monoisotopic (exact) mass is 344 g/mol. The number of aromatic carboxylic acids is 1. The topological polar surface area (TPSA) is 110 Å². The Labute approximate surface area is 144 Å². The molecule has 2 N–H and O–H groups in total. The standard InChI is InChI=1S/C18H20N2O5/c21-16(22)14-6-13(20(24)25)1-2-15(14)19-17(23)18-7-10-3-11(8-18)5-12(4-10)9-18/h1-2,6,10-12H,3-5,7-9H2,(H,19,23)(H,21,22). The van der Waals surface area contributed by atoms with Gasteiger partial charge in [0.25, 0.3) is 5.69 Å². The minimum absolute atomic E-state index is 0.122. The highest BCUT2D eigenvalue weighted by Crippen LogP contribution is 2.60. The van der Waals surface area contributed by atoms with Crippen LogP contribution in [-0.2, 0) is 4.79 Å². The van der Waals surface area contributed by atoms with Crippen molar-refractivity contribution in [1.29, 1.82) is 0 Å². The van der Waals surface area contributed by atoms with Gasteiger partial charge in [-0.25, -0.2) is 4.79 Å². The number of non-ortho nitro benzene ring substituents is 1. The molecule has 7 nitrogen and oxygen atoms in total. The number of hydrogen-bond acceptors (Lipinski definition) is 4. The molecule has 132 valence electrons. The van der Waals surface area contributed by atoms with Gasteiger partial charge in [-0.3, -0.25) is 14.9 Å². The summed E-state index contributed by atoms with van der Waals surface area (Å²) in [5.74, 6) is 0.404. The number of benzene rings is 1. The van der Waals surface area contributed by atoms with E-state index in [2.05, 4.69) is 5.32 Å². The Hall–Kier alpha value is -2.44. The van der Waals surface area contributed by atoms with E-state index in [0.717, 1.165) is 25.3 Å². The molecule has 0 spiro atoms. The summed E-state index contributed by atoms with van der Waals surface area (Å²) in [6.07, 6.45) is 6.26. The van der Waals surface area contributed by atoms with Crippen molar-refractivity contribution in [1.82, 2.24) is 0 Å². The lowest BCUT2D eigenvalue weighted by Crippen LogP contribution is -2.51. The fourth-order valence-electron chi connectivity index (χ4n) is 5.58. The molecule has 7 heteroatoms. The minimum atomic E-state index is -1.29. The average Bonchev–Trinajstić information content (AvgIpc) is 2.53. The van der Waals surface area contributed by atoms with Crippen molar-refractivity contribution in [3.05, 3.63) is 33.9 Å². The van der Waals surface area contributed by atoms with E-state index in [1.54, 1.807) is 0 Å². The average molecular weight is 344 g/mol. The Morgan fingerprint density at radius 1 is 1.12 bits per heavy atom. The quantitative estimate of drug-likeness (QED) is 0.642. The van der Waals surface area contributed by atoms with Crippen molar-refractivity contribution in [2.75, 3.05) is 5.32 Å². The summed E-state index contributed by atoms with van der Waals surface area (Å²) < 4.78 is 0. The smallest absolute Gasteiger partial charge is 0.338 e. The highest BCUT2D eigenvalue weighted by Gasteiger charge is 2.54. The maximum Gasteiger partial charge on any atom is 0.338 e. The molecule has 4 fully saturated rings. The largest absolute Gasteiger partial charge is 0.478 e. The lowest BCUT2D eigenvalue weighted by Gasteiger charge is -2.55. The summed E-state index contributed by atoms with van der Waals surface area (Å²) in [6, 6.07) is 3.54. The van der Waals surface area contributed by atoms with Gasteiger partial charge in [0.2, 0.25) is 5.91 Å². The fraction of sp³-hybridized carbons (Fsp3) is 0.556. The molecule has 25 heavy (non-hydrogen) atoms. The summed E-state index contributed by atoms with van der Waals surface area (Å²) in [4.78, 5) is 34.7. The number of anilines is 1. The molecule has 0 unspecified atom stereocenters. The third-order valence-corrected chi connectivity index (χ3v) is 6.21. The first kappa shape index (κ1) is 16.1. The van der Waals surface area contributed by atoms with E-state index in [-0.39, 0.29) is 22.8 Å². The van der Waals surface area contributed by atoms with Gasteiger partial charge in [-0.2, -0.15) is 0 Å². The molecule has 0 atom stereocenters. The molecule has 1 aromatic rings. The zero-order chi connectivity index (χ0) is 17.8. The number of carbonyl (C=O) groups is 2. The van der Waals surface area contributed by atoms with Gasteiger partial charge >= 0.3 is 5.97 Å². The molecule has 4 aliphatic rings. The van der Waals surface area contributed by atoms with Crippen molar-refractivity contribution < 1.29 is 19.6 Å². The Morgan fingerprint density at radius 2 is 1.68 bits per heavy atom. The molecular formula is C18H20N2O5. The first-order chi connectivity index (χ1) is 11.9. The van der Waals surface area contributed by atoms with Crippen molar-refractivity contribution in [3.8, 4) is 0 Å². The Morgan fingerprint density at radius 3 is 2.16 bits per heavy atom. The molecular weight excluding hydrogens is 324 g/mol. The molecule has 0 aliphatic heterocycles. The second-order valence-corrected chi connectivity index (χ2v) is 7.94. The van der Waals surface area contributed by atoms with E-state index < -0.39 is 16.3 Å². The van der Waals surface area contributed by atoms with Crippen molar-refractivity contribution >= 4 is 23.3 Å². The molecule has 0 radical (unpaired) electrons. The molecule has 5 rings (SSSR count). The predicted molar refractivity (Wildman–Crippen MR) is 89.3 cm³/mol. The first-order valence-electron chi connectivity index (χ1n) is 8.69. The van der Waals surface area contributed by atoms with E-state index >= 15 is 0 Å². The normalized spacial score (nSPS) is 32.4. The van der Waals surface area contributed by atoms with Crippen molar-refractivity contribution in [3.63, 3.8) is 0 Å². The fourth-order valence-corrected chi connectivity index (χ4v) is 5.58. The van der Waals surface area contributed by atoms with Gasteiger partial charge in [0.1, 0.15) is 0 Å². The second kappa shape index (κ2) is 5.54. The highest BCUT2D eigenvalue weighted by molar-refractivity contribution is 6.03. The highest BCUT2D eigenvalue weighted by atomic mass is 16.6. The van der Waals surface area contributed by atoms with Crippen LogP contribution in [0.5, 0.6) is 0 Å². The molecule has 0 heterocycles. The number of carboxylic acids is 1. The molecule has 1 amide bonds. The first-order valence-corrected chi connectivity index (χ1v) is 8.69. The molecule has 0 saturated heterocycles. The summed E-state index contributed by atoms with van der Waals surface area (Å²) in [5.41, 5.74) is -0.803. The third-order valence-electron chi connectivity index (χ3n) is 6.21. The van der Waals surface area contributed by atoms with Crippen molar-refractivity contribution in [2.45, 2.75) is 38.5 Å². The van der Waals surface area contributed by atoms with Gasteiger partial charge in [0.05, 0.1) is 21.6 Å². The molecule has 4 bridgehead atoms. The minimum Gasteiger partial charge on any atom is -0.478 e.